The normalized spacial score (nSPS) is 24.8. The molecule has 0 spiro atoms. The number of benzene rings is 1. The molecule has 1 aromatic carbocycles. The summed E-state index contributed by atoms with van der Waals surface area (Å²) in [4.78, 5) is 0. The highest BCUT2D eigenvalue weighted by Gasteiger charge is 2.17. The third-order valence-electron chi connectivity index (χ3n) is 3.42. The van der Waals surface area contributed by atoms with Crippen molar-refractivity contribution < 1.29 is 4.74 Å². The minimum absolute atomic E-state index is 0.496. The Balaban J connectivity index is 1.80. The summed E-state index contributed by atoms with van der Waals surface area (Å²) >= 11 is 0. The summed E-state index contributed by atoms with van der Waals surface area (Å²) in [6.07, 6.45) is 3.42. The van der Waals surface area contributed by atoms with Gasteiger partial charge >= 0.3 is 0 Å². The van der Waals surface area contributed by atoms with Crippen molar-refractivity contribution in [2.24, 2.45) is 0 Å². The fourth-order valence-corrected chi connectivity index (χ4v) is 2.33. The predicted octanol–water partition coefficient (Wildman–Crippen LogP) is 2.56. The van der Waals surface area contributed by atoms with Gasteiger partial charge in [-0.2, -0.15) is 0 Å². The van der Waals surface area contributed by atoms with Crippen molar-refractivity contribution >= 4 is 0 Å². The van der Waals surface area contributed by atoms with Gasteiger partial charge in [-0.25, -0.2) is 0 Å². The predicted molar refractivity (Wildman–Crippen MR) is 71.3 cm³/mol. The van der Waals surface area contributed by atoms with Crippen molar-refractivity contribution in [3.63, 3.8) is 0 Å². The largest absolute Gasteiger partial charge is 0.378 e. The molecule has 2 heteroatoms. The number of hydrogen-bond donors (Lipinski definition) is 1. The zero-order valence-corrected chi connectivity index (χ0v) is 10.9. The fourth-order valence-electron chi connectivity index (χ4n) is 2.33. The summed E-state index contributed by atoms with van der Waals surface area (Å²) in [7, 11) is 0. The molecule has 1 fully saturated rings. The minimum Gasteiger partial charge on any atom is -0.378 e. The van der Waals surface area contributed by atoms with Crippen molar-refractivity contribution in [2.45, 2.75) is 45.2 Å². The summed E-state index contributed by atoms with van der Waals surface area (Å²) in [6.45, 7) is 6.08. The first kappa shape index (κ1) is 12.6. The molecule has 0 aliphatic carbocycles. The van der Waals surface area contributed by atoms with Gasteiger partial charge < -0.3 is 10.1 Å². The van der Waals surface area contributed by atoms with Gasteiger partial charge in [-0.15, -0.1) is 0 Å². The average Bonchev–Trinajstić information content (AvgIpc) is 2.37. The summed E-state index contributed by atoms with van der Waals surface area (Å²) < 4.78 is 5.56. The zero-order chi connectivity index (χ0) is 12.1. The Bertz CT molecular complexity index is 333. The molecule has 0 saturated carbocycles. The van der Waals surface area contributed by atoms with Crippen LogP contribution in [0.25, 0.3) is 0 Å². The van der Waals surface area contributed by atoms with Crippen molar-refractivity contribution in [3.8, 4) is 0 Å². The number of rotatable bonds is 4. The highest BCUT2D eigenvalue weighted by Crippen LogP contribution is 2.10. The van der Waals surface area contributed by atoms with E-state index >= 15 is 0 Å². The van der Waals surface area contributed by atoms with Crippen LogP contribution in [0, 0.1) is 0 Å². The molecule has 1 aliphatic heterocycles. The first-order valence-corrected chi connectivity index (χ1v) is 6.69. The summed E-state index contributed by atoms with van der Waals surface area (Å²) in [5.74, 6) is 0. The molecule has 1 saturated heterocycles. The van der Waals surface area contributed by atoms with Crippen LogP contribution in [0.2, 0.25) is 0 Å². The van der Waals surface area contributed by atoms with E-state index in [1.54, 1.807) is 0 Å². The highest BCUT2D eigenvalue weighted by atomic mass is 16.5. The van der Waals surface area contributed by atoms with Crippen molar-refractivity contribution in [2.75, 3.05) is 13.2 Å². The van der Waals surface area contributed by atoms with Gasteiger partial charge in [0.2, 0.25) is 0 Å². The molecule has 1 aromatic rings. The highest BCUT2D eigenvalue weighted by molar-refractivity contribution is 5.22. The molecule has 2 unspecified atom stereocenters. The van der Waals surface area contributed by atoms with E-state index in [4.69, 9.17) is 4.74 Å². The Labute approximate surface area is 104 Å². The van der Waals surface area contributed by atoms with Gasteiger partial charge in [-0.3, -0.25) is 0 Å². The van der Waals surface area contributed by atoms with Gasteiger partial charge in [0.05, 0.1) is 13.2 Å². The number of nitrogens with one attached hydrogen (secondary N) is 1. The maximum Gasteiger partial charge on any atom is 0.0620 e. The van der Waals surface area contributed by atoms with Crippen LogP contribution in [0.1, 0.15) is 31.4 Å². The molecule has 94 valence electrons. The van der Waals surface area contributed by atoms with E-state index in [1.807, 2.05) is 0 Å². The zero-order valence-electron chi connectivity index (χ0n) is 10.9. The van der Waals surface area contributed by atoms with Gasteiger partial charge in [-0.1, -0.05) is 31.2 Å². The van der Waals surface area contributed by atoms with Crippen LogP contribution in [-0.2, 0) is 17.6 Å². The van der Waals surface area contributed by atoms with Gasteiger partial charge in [0.25, 0.3) is 0 Å². The second-order valence-electron chi connectivity index (χ2n) is 5.01. The molecule has 2 atom stereocenters. The van der Waals surface area contributed by atoms with Crippen molar-refractivity contribution in [3.05, 3.63) is 35.4 Å². The van der Waals surface area contributed by atoms with Crippen LogP contribution in [-0.4, -0.2) is 25.3 Å². The molecular weight excluding hydrogens is 210 g/mol. The first-order valence-electron chi connectivity index (χ1n) is 6.69. The van der Waals surface area contributed by atoms with E-state index in [0.29, 0.717) is 12.1 Å². The Morgan fingerprint density at radius 2 is 1.88 bits per heavy atom. The second kappa shape index (κ2) is 6.18. The Morgan fingerprint density at radius 3 is 2.53 bits per heavy atom. The molecule has 0 radical (unpaired) electrons. The molecule has 2 nitrogen and oxygen atoms in total. The first-order chi connectivity index (χ1) is 8.28. The Kier molecular flexibility index (Phi) is 4.57. The van der Waals surface area contributed by atoms with E-state index in [0.717, 1.165) is 32.5 Å². The van der Waals surface area contributed by atoms with Crippen LogP contribution in [0.15, 0.2) is 24.3 Å². The lowest BCUT2D eigenvalue weighted by Gasteiger charge is -2.29. The third-order valence-corrected chi connectivity index (χ3v) is 3.42. The second-order valence-corrected chi connectivity index (χ2v) is 5.01. The van der Waals surface area contributed by atoms with Gasteiger partial charge in [-0.05, 0) is 37.3 Å². The van der Waals surface area contributed by atoms with Crippen molar-refractivity contribution in [1.29, 1.82) is 0 Å². The smallest absolute Gasteiger partial charge is 0.0620 e. The number of ether oxygens (including phenoxy) is 1. The molecule has 1 heterocycles. The lowest BCUT2D eigenvalue weighted by Crippen LogP contribution is -2.47. The third kappa shape index (κ3) is 3.83. The molecular formula is C15H23NO. The van der Waals surface area contributed by atoms with Crippen LogP contribution in [0.4, 0.5) is 0 Å². The van der Waals surface area contributed by atoms with E-state index in [1.165, 1.54) is 11.1 Å². The number of morpholine rings is 1. The van der Waals surface area contributed by atoms with E-state index in [9.17, 15) is 0 Å². The molecule has 17 heavy (non-hydrogen) atoms. The molecule has 0 amide bonds. The average molecular weight is 233 g/mol. The topological polar surface area (TPSA) is 21.3 Å². The standard InChI is InChI=1S/C15H23NO/c1-3-13-4-6-14(7-5-13)8-9-15-11-17-10-12(2)16-15/h4-7,12,15-16H,3,8-11H2,1-2H3. The van der Waals surface area contributed by atoms with Crippen LogP contribution in [0.5, 0.6) is 0 Å². The van der Waals surface area contributed by atoms with Gasteiger partial charge in [0.1, 0.15) is 0 Å². The van der Waals surface area contributed by atoms with Crippen LogP contribution in [0.3, 0.4) is 0 Å². The lowest BCUT2D eigenvalue weighted by molar-refractivity contribution is 0.0483. The monoisotopic (exact) mass is 233 g/mol. The Hall–Kier alpha value is -0.860. The van der Waals surface area contributed by atoms with Crippen molar-refractivity contribution in [1.82, 2.24) is 5.32 Å². The lowest BCUT2D eigenvalue weighted by atomic mass is 10.0. The molecule has 0 bridgehead atoms. The molecule has 1 aliphatic rings. The maximum absolute atomic E-state index is 5.56. The molecule has 0 aromatic heterocycles. The van der Waals surface area contributed by atoms with E-state index in [-0.39, 0.29) is 0 Å². The summed E-state index contributed by atoms with van der Waals surface area (Å²) in [5.41, 5.74) is 2.85. The minimum atomic E-state index is 0.496. The molecule has 1 N–H and O–H groups in total. The number of aryl methyl sites for hydroxylation is 2. The van der Waals surface area contributed by atoms with E-state index in [2.05, 4.69) is 43.4 Å². The fraction of sp³-hybridized carbons (Fsp3) is 0.600. The number of hydrogen-bond acceptors (Lipinski definition) is 2. The van der Waals surface area contributed by atoms with Crippen LogP contribution >= 0.6 is 0 Å². The summed E-state index contributed by atoms with van der Waals surface area (Å²) in [5, 5.41) is 3.58. The quantitative estimate of drug-likeness (QED) is 0.863. The summed E-state index contributed by atoms with van der Waals surface area (Å²) in [6, 6.07) is 10.0. The van der Waals surface area contributed by atoms with Crippen LogP contribution < -0.4 is 5.32 Å². The maximum atomic E-state index is 5.56. The molecule has 2 rings (SSSR count). The van der Waals surface area contributed by atoms with Gasteiger partial charge in [0, 0.05) is 12.1 Å². The van der Waals surface area contributed by atoms with Gasteiger partial charge in [0.15, 0.2) is 0 Å². The Morgan fingerprint density at radius 1 is 1.18 bits per heavy atom. The SMILES string of the molecule is CCc1ccc(CCC2COCC(C)N2)cc1. The van der Waals surface area contributed by atoms with E-state index < -0.39 is 0 Å².